The van der Waals surface area contributed by atoms with E-state index in [4.69, 9.17) is 0 Å². The van der Waals surface area contributed by atoms with E-state index in [1.165, 1.54) is 32.1 Å². The van der Waals surface area contributed by atoms with Crippen LogP contribution in [-0.4, -0.2) is 23.9 Å². The minimum Gasteiger partial charge on any atom is -0.343 e. The molecule has 17 heavy (non-hydrogen) atoms. The molecule has 0 N–H and O–H groups in total. The van der Waals surface area contributed by atoms with Crippen molar-refractivity contribution in [1.82, 2.24) is 4.90 Å². The standard InChI is InChI=1S/C15H25NO/c1-3-16(4-2)15(17)14-12-6-10-5-11(8-12)9-13(14)7-10/h10-14H,3-9H2,1-2H3. The maximum absolute atomic E-state index is 12.6. The average Bonchev–Trinajstić information content (AvgIpc) is 2.29. The fraction of sp³-hybridized carbons (Fsp3) is 0.933. The Kier molecular flexibility index (Phi) is 2.92. The topological polar surface area (TPSA) is 20.3 Å². The van der Waals surface area contributed by atoms with Gasteiger partial charge in [-0.15, -0.1) is 0 Å². The first kappa shape index (κ1) is 11.6. The number of hydrogen-bond donors (Lipinski definition) is 0. The molecule has 4 aliphatic carbocycles. The molecule has 1 amide bonds. The van der Waals surface area contributed by atoms with Gasteiger partial charge in [0.25, 0.3) is 0 Å². The van der Waals surface area contributed by atoms with Crippen molar-refractivity contribution in [2.75, 3.05) is 13.1 Å². The van der Waals surface area contributed by atoms with Crippen LogP contribution in [0.1, 0.15) is 46.0 Å². The molecular formula is C15H25NO. The van der Waals surface area contributed by atoms with Crippen LogP contribution in [0.2, 0.25) is 0 Å². The minimum absolute atomic E-state index is 0.391. The van der Waals surface area contributed by atoms with E-state index in [1.54, 1.807) is 0 Å². The summed E-state index contributed by atoms with van der Waals surface area (Å²) < 4.78 is 0. The molecule has 4 rings (SSSR count). The lowest BCUT2D eigenvalue weighted by Crippen LogP contribution is -2.51. The van der Waals surface area contributed by atoms with Crippen LogP contribution in [-0.2, 0) is 4.79 Å². The van der Waals surface area contributed by atoms with Crippen molar-refractivity contribution in [3.8, 4) is 0 Å². The van der Waals surface area contributed by atoms with Crippen molar-refractivity contribution < 1.29 is 4.79 Å². The van der Waals surface area contributed by atoms with Crippen LogP contribution in [0.5, 0.6) is 0 Å². The third kappa shape index (κ3) is 1.80. The minimum atomic E-state index is 0.391. The summed E-state index contributed by atoms with van der Waals surface area (Å²) in [6.45, 7) is 5.99. The lowest BCUT2D eigenvalue weighted by Gasteiger charge is -2.54. The number of carbonyl (C=O) groups excluding carboxylic acids is 1. The quantitative estimate of drug-likeness (QED) is 0.736. The monoisotopic (exact) mass is 235 g/mol. The van der Waals surface area contributed by atoms with Gasteiger partial charge in [0, 0.05) is 19.0 Å². The Morgan fingerprint density at radius 2 is 1.41 bits per heavy atom. The van der Waals surface area contributed by atoms with Gasteiger partial charge in [-0.05, 0) is 69.6 Å². The van der Waals surface area contributed by atoms with E-state index in [1.807, 2.05) is 0 Å². The molecule has 0 aromatic heterocycles. The Labute approximate surface area is 105 Å². The Morgan fingerprint density at radius 3 is 1.82 bits per heavy atom. The fourth-order valence-electron chi connectivity index (χ4n) is 5.07. The van der Waals surface area contributed by atoms with Crippen LogP contribution in [0.4, 0.5) is 0 Å². The largest absolute Gasteiger partial charge is 0.343 e. The second-order valence-corrected chi connectivity index (χ2v) is 6.47. The van der Waals surface area contributed by atoms with Gasteiger partial charge in [-0.25, -0.2) is 0 Å². The Bertz CT molecular complexity index is 280. The second kappa shape index (κ2) is 4.29. The predicted molar refractivity (Wildman–Crippen MR) is 68.5 cm³/mol. The van der Waals surface area contributed by atoms with Crippen molar-refractivity contribution in [2.24, 2.45) is 29.6 Å². The van der Waals surface area contributed by atoms with E-state index in [0.29, 0.717) is 11.8 Å². The Morgan fingerprint density at radius 1 is 0.941 bits per heavy atom. The van der Waals surface area contributed by atoms with Crippen LogP contribution in [0.25, 0.3) is 0 Å². The summed E-state index contributed by atoms with van der Waals surface area (Å²) in [6, 6.07) is 0. The van der Waals surface area contributed by atoms with E-state index in [-0.39, 0.29) is 0 Å². The molecule has 0 radical (unpaired) electrons. The third-order valence-electron chi connectivity index (χ3n) is 5.59. The molecule has 0 atom stereocenters. The summed E-state index contributed by atoms with van der Waals surface area (Å²) in [5, 5.41) is 0. The van der Waals surface area contributed by atoms with Crippen molar-refractivity contribution in [1.29, 1.82) is 0 Å². The molecule has 4 fully saturated rings. The highest BCUT2D eigenvalue weighted by Crippen LogP contribution is 2.56. The van der Waals surface area contributed by atoms with Crippen LogP contribution in [0.15, 0.2) is 0 Å². The molecule has 96 valence electrons. The molecular weight excluding hydrogens is 210 g/mol. The van der Waals surface area contributed by atoms with E-state index in [9.17, 15) is 4.79 Å². The van der Waals surface area contributed by atoms with Crippen LogP contribution < -0.4 is 0 Å². The third-order valence-corrected chi connectivity index (χ3v) is 5.59. The van der Waals surface area contributed by atoms with Gasteiger partial charge in [0.1, 0.15) is 0 Å². The molecule has 0 unspecified atom stereocenters. The highest BCUT2D eigenvalue weighted by molar-refractivity contribution is 5.79. The van der Waals surface area contributed by atoms with Crippen molar-refractivity contribution in [3.63, 3.8) is 0 Å². The highest BCUT2D eigenvalue weighted by atomic mass is 16.2. The molecule has 0 heterocycles. The number of rotatable bonds is 3. The van der Waals surface area contributed by atoms with Crippen LogP contribution in [0.3, 0.4) is 0 Å². The Balaban J connectivity index is 1.77. The first-order valence-electron chi connectivity index (χ1n) is 7.51. The summed E-state index contributed by atoms with van der Waals surface area (Å²) in [5.74, 6) is 4.28. The molecule has 0 aromatic carbocycles. The van der Waals surface area contributed by atoms with E-state index in [0.717, 1.165) is 36.8 Å². The highest BCUT2D eigenvalue weighted by Gasteiger charge is 2.51. The average molecular weight is 235 g/mol. The van der Waals surface area contributed by atoms with E-state index >= 15 is 0 Å². The van der Waals surface area contributed by atoms with Crippen LogP contribution in [0, 0.1) is 29.6 Å². The van der Waals surface area contributed by atoms with Gasteiger partial charge in [-0.2, -0.15) is 0 Å². The lowest BCUT2D eigenvalue weighted by molar-refractivity contribution is -0.148. The molecule has 2 nitrogen and oxygen atoms in total. The summed E-state index contributed by atoms with van der Waals surface area (Å²) in [7, 11) is 0. The van der Waals surface area contributed by atoms with Gasteiger partial charge in [0.15, 0.2) is 0 Å². The summed E-state index contributed by atoms with van der Waals surface area (Å²) in [6.07, 6.45) is 6.88. The maximum Gasteiger partial charge on any atom is 0.226 e. The van der Waals surface area contributed by atoms with Gasteiger partial charge in [-0.3, -0.25) is 4.79 Å². The zero-order chi connectivity index (χ0) is 12.0. The van der Waals surface area contributed by atoms with Crippen LogP contribution >= 0.6 is 0 Å². The molecule has 2 heteroatoms. The molecule has 4 bridgehead atoms. The van der Waals surface area contributed by atoms with Gasteiger partial charge < -0.3 is 4.90 Å². The normalized spacial score (nSPS) is 42.8. The molecule has 0 spiro atoms. The number of amides is 1. The summed E-state index contributed by atoms with van der Waals surface area (Å²) in [4.78, 5) is 14.7. The molecule has 0 aliphatic heterocycles. The molecule has 4 saturated carbocycles. The van der Waals surface area contributed by atoms with E-state index in [2.05, 4.69) is 18.7 Å². The second-order valence-electron chi connectivity index (χ2n) is 6.47. The van der Waals surface area contributed by atoms with Gasteiger partial charge in [0.05, 0.1) is 0 Å². The Hall–Kier alpha value is -0.530. The fourth-order valence-corrected chi connectivity index (χ4v) is 5.07. The SMILES string of the molecule is CCN(CC)C(=O)C1C2CC3CC(C2)CC1C3. The maximum atomic E-state index is 12.6. The van der Waals surface area contributed by atoms with Gasteiger partial charge in [-0.1, -0.05) is 0 Å². The zero-order valence-corrected chi connectivity index (χ0v) is 11.2. The predicted octanol–water partition coefficient (Wildman–Crippen LogP) is 2.93. The van der Waals surface area contributed by atoms with Crippen molar-refractivity contribution in [3.05, 3.63) is 0 Å². The lowest BCUT2D eigenvalue weighted by atomic mass is 9.51. The number of nitrogens with zero attached hydrogens (tertiary/aromatic N) is 1. The van der Waals surface area contributed by atoms with Gasteiger partial charge in [0.2, 0.25) is 5.91 Å². The first-order chi connectivity index (χ1) is 8.22. The van der Waals surface area contributed by atoms with Crippen molar-refractivity contribution in [2.45, 2.75) is 46.0 Å². The smallest absolute Gasteiger partial charge is 0.226 e. The number of carbonyl (C=O) groups is 1. The summed E-state index contributed by atoms with van der Waals surface area (Å²) in [5.41, 5.74) is 0. The summed E-state index contributed by atoms with van der Waals surface area (Å²) >= 11 is 0. The van der Waals surface area contributed by atoms with E-state index < -0.39 is 0 Å². The first-order valence-corrected chi connectivity index (χ1v) is 7.51. The molecule has 4 aliphatic rings. The van der Waals surface area contributed by atoms with Gasteiger partial charge >= 0.3 is 0 Å². The molecule has 0 aromatic rings. The zero-order valence-electron chi connectivity index (χ0n) is 11.2. The molecule has 0 saturated heterocycles. The number of hydrogen-bond acceptors (Lipinski definition) is 1. The van der Waals surface area contributed by atoms with Crippen molar-refractivity contribution >= 4 is 5.91 Å².